The summed E-state index contributed by atoms with van der Waals surface area (Å²) in [6, 6.07) is 8.02. The summed E-state index contributed by atoms with van der Waals surface area (Å²) >= 11 is 1.34. The molecular weight excluding hydrogens is 260 g/mol. The molecule has 1 amide bonds. The maximum Gasteiger partial charge on any atom is 0.219 e. The van der Waals surface area contributed by atoms with Gasteiger partial charge in [0.15, 0.2) is 0 Å². The van der Waals surface area contributed by atoms with Gasteiger partial charge in [0.2, 0.25) is 5.91 Å². The van der Waals surface area contributed by atoms with Crippen molar-refractivity contribution in [2.24, 2.45) is 0 Å². The zero-order valence-corrected chi connectivity index (χ0v) is 11.8. The summed E-state index contributed by atoms with van der Waals surface area (Å²) in [6.07, 6.45) is 0. The number of rotatable bonds is 5. The first-order chi connectivity index (χ1) is 9.15. The SMILES string of the molecule is CC(=O)N(C)Cc1cccc(NCc2csnn2)c1. The molecule has 0 atom stereocenters. The molecular formula is C13H16N4OS. The van der Waals surface area contributed by atoms with Crippen LogP contribution in [0.25, 0.3) is 0 Å². The van der Waals surface area contributed by atoms with Crippen molar-refractivity contribution in [3.05, 3.63) is 40.9 Å². The van der Waals surface area contributed by atoms with Crippen LogP contribution in [-0.2, 0) is 17.9 Å². The van der Waals surface area contributed by atoms with Gasteiger partial charge < -0.3 is 10.2 Å². The first-order valence-electron chi connectivity index (χ1n) is 5.95. The lowest BCUT2D eigenvalue weighted by atomic mass is 10.2. The summed E-state index contributed by atoms with van der Waals surface area (Å²) in [5, 5.41) is 9.19. The number of anilines is 1. The molecule has 0 bridgehead atoms. The highest BCUT2D eigenvalue weighted by Gasteiger charge is 2.04. The Labute approximate surface area is 116 Å². The molecule has 2 aromatic rings. The summed E-state index contributed by atoms with van der Waals surface area (Å²) in [5.74, 6) is 0.0620. The van der Waals surface area contributed by atoms with Crippen molar-refractivity contribution in [1.82, 2.24) is 14.5 Å². The van der Waals surface area contributed by atoms with E-state index in [4.69, 9.17) is 0 Å². The van der Waals surface area contributed by atoms with Crippen molar-refractivity contribution in [1.29, 1.82) is 0 Å². The molecule has 0 saturated heterocycles. The first-order valence-corrected chi connectivity index (χ1v) is 6.79. The van der Waals surface area contributed by atoms with E-state index in [2.05, 4.69) is 14.9 Å². The van der Waals surface area contributed by atoms with E-state index in [0.29, 0.717) is 13.1 Å². The largest absolute Gasteiger partial charge is 0.379 e. The highest BCUT2D eigenvalue weighted by Crippen LogP contribution is 2.13. The molecule has 0 aliphatic carbocycles. The van der Waals surface area contributed by atoms with Crippen LogP contribution in [-0.4, -0.2) is 27.4 Å². The number of benzene rings is 1. The van der Waals surface area contributed by atoms with Gasteiger partial charge in [-0.05, 0) is 29.2 Å². The van der Waals surface area contributed by atoms with Gasteiger partial charge in [-0.2, -0.15) is 0 Å². The fourth-order valence-electron chi connectivity index (χ4n) is 1.62. The van der Waals surface area contributed by atoms with Crippen molar-refractivity contribution >= 4 is 23.1 Å². The molecule has 0 radical (unpaired) electrons. The molecule has 0 fully saturated rings. The van der Waals surface area contributed by atoms with E-state index < -0.39 is 0 Å². The van der Waals surface area contributed by atoms with E-state index in [1.54, 1.807) is 18.9 Å². The lowest BCUT2D eigenvalue weighted by molar-refractivity contribution is -0.128. The molecule has 0 saturated carbocycles. The summed E-state index contributed by atoms with van der Waals surface area (Å²) in [4.78, 5) is 12.9. The molecule has 1 N–H and O–H groups in total. The van der Waals surface area contributed by atoms with E-state index in [-0.39, 0.29) is 5.91 Å². The van der Waals surface area contributed by atoms with Crippen molar-refractivity contribution in [3.63, 3.8) is 0 Å². The Kier molecular flexibility index (Phi) is 4.46. The third-order valence-electron chi connectivity index (χ3n) is 2.76. The Morgan fingerprint density at radius 3 is 3.00 bits per heavy atom. The summed E-state index contributed by atoms with van der Waals surface area (Å²) in [7, 11) is 1.80. The number of aromatic nitrogens is 2. The topological polar surface area (TPSA) is 58.1 Å². The minimum atomic E-state index is 0.0620. The minimum absolute atomic E-state index is 0.0620. The number of nitrogens with one attached hydrogen (secondary N) is 1. The van der Waals surface area contributed by atoms with Crippen LogP contribution in [0.2, 0.25) is 0 Å². The maximum atomic E-state index is 11.2. The van der Waals surface area contributed by atoms with Crippen molar-refractivity contribution in [2.75, 3.05) is 12.4 Å². The molecule has 1 aromatic carbocycles. The van der Waals surface area contributed by atoms with Gasteiger partial charge in [-0.15, -0.1) is 5.10 Å². The van der Waals surface area contributed by atoms with Gasteiger partial charge in [0.1, 0.15) is 0 Å². The lowest BCUT2D eigenvalue weighted by Crippen LogP contribution is -2.23. The standard InChI is InChI=1S/C13H16N4OS/c1-10(18)17(2)8-11-4-3-5-12(6-11)14-7-13-9-19-16-15-13/h3-6,9,14H,7-8H2,1-2H3. The van der Waals surface area contributed by atoms with Crippen LogP contribution in [0.5, 0.6) is 0 Å². The Balaban J connectivity index is 1.96. The number of nitrogens with zero attached hydrogens (tertiary/aromatic N) is 3. The van der Waals surface area contributed by atoms with Gasteiger partial charge in [0.25, 0.3) is 0 Å². The van der Waals surface area contributed by atoms with E-state index in [0.717, 1.165) is 16.9 Å². The van der Waals surface area contributed by atoms with E-state index >= 15 is 0 Å². The monoisotopic (exact) mass is 276 g/mol. The summed E-state index contributed by atoms with van der Waals surface area (Å²) < 4.78 is 3.82. The molecule has 19 heavy (non-hydrogen) atoms. The highest BCUT2D eigenvalue weighted by atomic mass is 32.1. The maximum absolute atomic E-state index is 11.2. The van der Waals surface area contributed by atoms with Gasteiger partial charge in [-0.25, -0.2) is 0 Å². The molecule has 1 aromatic heterocycles. The molecule has 0 aliphatic heterocycles. The van der Waals surface area contributed by atoms with Crippen molar-refractivity contribution < 1.29 is 4.79 Å². The van der Waals surface area contributed by atoms with Gasteiger partial charge >= 0.3 is 0 Å². The second-order valence-corrected chi connectivity index (χ2v) is 4.94. The van der Waals surface area contributed by atoms with Gasteiger partial charge in [0.05, 0.1) is 12.2 Å². The molecule has 6 heteroatoms. The second kappa shape index (κ2) is 6.29. The Morgan fingerprint density at radius 2 is 2.32 bits per heavy atom. The lowest BCUT2D eigenvalue weighted by Gasteiger charge is -2.15. The van der Waals surface area contributed by atoms with Gasteiger partial charge in [-0.3, -0.25) is 4.79 Å². The predicted molar refractivity (Wildman–Crippen MR) is 75.8 cm³/mol. The number of amides is 1. The third kappa shape index (κ3) is 4.03. The van der Waals surface area contributed by atoms with Crippen LogP contribution >= 0.6 is 11.5 Å². The Morgan fingerprint density at radius 1 is 1.47 bits per heavy atom. The smallest absolute Gasteiger partial charge is 0.219 e. The van der Waals surface area contributed by atoms with Gasteiger partial charge in [0, 0.05) is 31.6 Å². The van der Waals surface area contributed by atoms with Crippen LogP contribution in [0.1, 0.15) is 18.2 Å². The molecule has 0 aliphatic rings. The van der Waals surface area contributed by atoms with Crippen LogP contribution in [0.3, 0.4) is 0 Å². The van der Waals surface area contributed by atoms with Crippen LogP contribution in [0.4, 0.5) is 5.69 Å². The molecule has 2 rings (SSSR count). The fraction of sp³-hybridized carbons (Fsp3) is 0.308. The fourth-order valence-corrected chi connectivity index (χ4v) is 2.07. The zero-order chi connectivity index (χ0) is 13.7. The molecule has 1 heterocycles. The van der Waals surface area contributed by atoms with E-state index in [9.17, 15) is 4.79 Å². The van der Waals surface area contributed by atoms with E-state index in [1.807, 2.05) is 29.6 Å². The molecule has 5 nitrogen and oxygen atoms in total. The molecule has 0 unspecified atom stereocenters. The average Bonchev–Trinajstić information content (AvgIpc) is 2.90. The van der Waals surface area contributed by atoms with E-state index in [1.165, 1.54) is 11.5 Å². The normalized spacial score (nSPS) is 10.2. The quantitative estimate of drug-likeness (QED) is 0.909. The van der Waals surface area contributed by atoms with Crippen LogP contribution in [0.15, 0.2) is 29.6 Å². The number of hydrogen-bond acceptors (Lipinski definition) is 5. The average molecular weight is 276 g/mol. The summed E-state index contributed by atoms with van der Waals surface area (Å²) in [5.41, 5.74) is 3.04. The second-order valence-electron chi connectivity index (χ2n) is 4.33. The molecule has 0 spiro atoms. The van der Waals surface area contributed by atoms with Crippen molar-refractivity contribution in [3.8, 4) is 0 Å². The zero-order valence-electron chi connectivity index (χ0n) is 11.0. The summed E-state index contributed by atoms with van der Waals surface area (Å²) in [6.45, 7) is 2.84. The Hall–Kier alpha value is -1.95. The number of carbonyl (C=O) groups excluding carboxylic acids is 1. The highest BCUT2D eigenvalue weighted by molar-refractivity contribution is 7.03. The molecule has 100 valence electrons. The van der Waals surface area contributed by atoms with Crippen LogP contribution in [0, 0.1) is 0 Å². The third-order valence-corrected chi connectivity index (χ3v) is 3.32. The Bertz CT molecular complexity index is 541. The van der Waals surface area contributed by atoms with Crippen molar-refractivity contribution in [2.45, 2.75) is 20.0 Å². The van der Waals surface area contributed by atoms with Crippen LogP contribution < -0.4 is 5.32 Å². The number of hydrogen-bond donors (Lipinski definition) is 1. The van der Waals surface area contributed by atoms with Gasteiger partial charge in [-0.1, -0.05) is 16.6 Å². The predicted octanol–water partition coefficient (Wildman–Crippen LogP) is 2.13. The first kappa shape index (κ1) is 13.5. The number of carbonyl (C=O) groups is 1. The minimum Gasteiger partial charge on any atom is -0.379 e.